The molecule has 0 aromatic heterocycles. The monoisotopic (exact) mass is 487 g/mol. The first kappa shape index (κ1) is 24.5. The fraction of sp³-hybridized carbons (Fsp3) is 0.250. The number of anilines is 1. The topological polar surface area (TPSA) is 71.0 Å². The van der Waals surface area contributed by atoms with Gasteiger partial charge in [-0.2, -0.15) is 0 Å². The maximum atomic E-state index is 13.3. The lowest BCUT2D eigenvalue weighted by atomic mass is 9.99. The number of hydrogen-bond acceptors (Lipinski definition) is 5. The van der Waals surface area contributed by atoms with E-state index >= 15 is 0 Å². The van der Waals surface area contributed by atoms with E-state index in [-0.39, 0.29) is 24.3 Å². The van der Waals surface area contributed by atoms with Crippen molar-refractivity contribution < 1.29 is 14.3 Å². The number of thioether (sulfide) groups is 1. The fourth-order valence-corrected chi connectivity index (χ4v) is 5.09. The maximum Gasteiger partial charge on any atom is 0.247 e. The zero-order chi connectivity index (χ0) is 24.6. The number of nitrogens with one attached hydrogen (secondary N) is 1. The van der Waals surface area contributed by atoms with Gasteiger partial charge in [-0.25, -0.2) is 4.90 Å². The Kier molecular flexibility index (Phi) is 8.21. The van der Waals surface area contributed by atoms with Gasteiger partial charge in [0.15, 0.2) is 5.17 Å². The Morgan fingerprint density at radius 3 is 2.11 bits per heavy atom. The number of amides is 2. The van der Waals surface area contributed by atoms with Crippen LogP contribution >= 0.6 is 11.8 Å². The summed E-state index contributed by atoms with van der Waals surface area (Å²) in [7, 11) is 0. The first-order valence-electron chi connectivity index (χ1n) is 11.8. The molecule has 1 atom stereocenters. The predicted octanol–water partition coefficient (Wildman–Crippen LogP) is 5.21. The average Bonchev–Trinajstić information content (AvgIpc) is 3.16. The highest BCUT2D eigenvalue weighted by molar-refractivity contribution is 8.15. The highest BCUT2D eigenvalue weighted by atomic mass is 32.2. The van der Waals surface area contributed by atoms with Gasteiger partial charge < -0.3 is 10.1 Å². The minimum Gasteiger partial charge on any atom is -0.494 e. The van der Waals surface area contributed by atoms with Crippen LogP contribution in [0.15, 0.2) is 89.9 Å². The van der Waals surface area contributed by atoms with Crippen LogP contribution < -0.4 is 15.0 Å². The number of imide groups is 1. The van der Waals surface area contributed by atoms with Crippen LogP contribution in [0.4, 0.5) is 5.69 Å². The van der Waals surface area contributed by atoms with Gasteiger partial charge in [-0.15, -0.1) is 0 Å². The molecular weight excluding hydrogens is 458 g/mol. The van der Waals surface area contributed by atoms with E-state index in [0.717, 1.165) is 11.1 Å². The van der Waals surface area contributed by atoms with Gasteiger partial charge in [-0.1, -0.05) is 72.4 Å². The molecule has 35 heavy (non-hydrogen) atoms. The number of ether oxygens (including phenoxy) is 1. The average molecular weight is 488 g/mol. The van der Waals surface area contributed by atoms with Crippen molar-refractivity contribution in [2.24, 2.45) is 4.99 Å². The van der Waals surface area contributed by atoms with E-state index in [4.69, 9.17) is 4.74 Å². The number of carbonyl (C=O) groups excluding carboxylic acids is 2. The van der Waals surface area contributed by atoms with Gasteiger partial charge in [-0.3, -0.25) is 14.6 Å². The highest BCUT2D eigenvalue weighted by Gasteiger charge is 2.41. The summed E-state index contributed by atoms with van der Waals surface area (Å²) in [6.45, 7) is 4.98. The van der Waals surface area contributed by atoms with Crippen LogP contribution in [-0.2, 0) is 9.59 Å². The van der Waals surface area contributed by atoms with Crippen molar-refractivity contribution in [1.29, 1.82) is 0 Å². The van der Waals surface area contributed by atoms with Crippen molar-refractivity contribution in [3.63, 3.8) is 0 Å². The number of aliphatic imine (C=N–C) groups is 1. The van der Waals surface area contributed by atoms with Crippen LogP contribution in [0.3, 0.4) is 0 Å². The standard InChI is InChI=1S/C28H29N3O3S/c1-3-29-28(30-26(20-11-7-5-8-12-20)21-13-9-6-10-14-21)35-24-19-25(32)31(27(24)33)22-15-17-23(18-16-22)34-4-2/h5-18,24,26H,3-4,19H2,1-2H3,(H,29,30). The summed E-state index contributed by atoms with van der Waals surface area (Å²) >= 11 is 1.32. The van der Waals surface area contributed by atoms with Gasteiger partial charge >= 0.3 is 0 Å². The summed E-state index contributed by atoms with van der Waals surface area (Å²) in [6.07, 6.45) is 0.127. The molecular formula is C28H29N3O3S. The number of rotatable bonds is 8. The van der Waals surface area contributed by atoms with E-state index < -0.39 is 5.25 Å². The highest BCUT2D eigenvalue weighted by Crippen LogP contribution is 2.32. The van der Waals surface area contributed by atoms with E-state index in [1.54, 1.807) is 24.3 Å². The fourth-order valence-electron chi connectivity index (χ4n) is 3.99. The summed E-state index contributed by atoms with van der Waals surface area (Å²) in [5.74, 6) is 0.261. The second kappa shape index (κ2) is 11.7. The van der Waals surface area contributed by atoms with Gasteiger partial charge in [0.2, 0.25) is 11.8 Å². The van der Waals surface area contributed by atoms with E-state index in [9.17, 15) is 9.59 Å². The molecule has 1 unspecified atom stereocenters. The second-order valence-electron chi connectivity index (χ2n) is 7.98. The zero-order valence-corrected chi connectivity index (χ0v) is 20.7. The SMILES string of the molecule is CCN=C(NC(c1ccccc1)c1ccccc1)SC1CC(=O)N(c2ccc(OCC)cc2)C1=O. The summed E-state index contributed by atoms with van der Waals surface area (Å²) in [5, 5.41) is 3.64. The third-order valence-corrected chi connectivity index (χ3v) is 6.72. The lowest BCUT2D eigenvalue weighted by molar-refractivity contribution is -0.121. The largest absolute Gasteiger partial charge is 0.494 e. The van der Waals surface area contributed by atoms with E-state index in [1.807, 2.05) is 50.2 Å². The molecule has 7 heteroatoms. The molecule has 0 aliphatic carbocycles. The van der Waals surface area contributed by atoms with Crippen LogP contribution in [0.5, 0.6) is 5.75 Å². The second-order valence-corrected chi connectivity index (χ2v) is 9.17. The molecule has 1 saturated heterocycles. The van der Waals surface area contributed by atoms with E-state index in [0.29, 0.717) is 29.8 Å². The van der Waals surface area contributed by atoms with Gasteiger partial charge in [0.1, 0.15) is 11.0 Å². The molecule has 180 valence electrons. The third-order valence-electron chi connectivity index (χ3n) is 5.60. The maximum absolute atomic E-state index is 13.3. The molecule has 0 bridgehead atoms. The Morgan fingerprint density at radius 1 is 0.971 bits per heavy atom. The Morgan fingerprint density at radius 2 is 1.57 bits per heavy atom. The molecule has 1 N–H and O–H groups in total. The van der Waals surface area contributed by atoms with Crippen LogP contribution in [-0.4, -0.2) is 35.4 Å². The normalized spacial score (nSPS) is 16.1. The minimum absolute atomic E-state index is 0.127. The number of hydrogen-bond donors (Lipinski definition) is 1. The molecule has 4 rings (SSSR count). The zero-order valence-electron chi connectivity index (χ0n) is 19.9. The third kappa shape index (κ3) is 5.92. The van der Waals surface area contributed by atoms with Crippen molar-refractivity contribution >= 4 is 34.4 Å². The van der Waals surface area contributed by atoms with Crippen molar-refractivity contribution in [1.82, 2.24) is 5.32 Å². The van der Waals surface area contributed by atoms with Crippen LogP contribution in [0.2, 0.25) is 0 Å². The number of nitrogens with zero attached hydrogens (tertiary/aromatic N) is 2. The summed E-state index contributed by atoms with van der Waals surface area (Å²) in [6, 6.07) is 27.2. The van der Waals surface area contributed by atoms with Crippen LogP contribution in [0, 0.1) is 0 Å². The van der Waals surface area contributed by atoms with Crippen LogP contribution in [0.25, 0.3) is 0 Å². The van der Waals surface area contributed by atoms with Gasteiger partial charge in [-0.05, 0) is 49.2 Å². The molecule has 6 nitrogen and oxygen atoms in total. The van der Waals surface area contributed by atoms with Crippen molar-refractivity contribution in [3.8, 4) is 5.75 Å². The van der Waals surface area contributed by atoms with Gasteiger partial charge in [0, 0.05) is 13.0 Å². The smallest absolute Gasteiger partial charge is 0.247 e. The number of carbonyl (C=O) groups is 2. The molecule has 0 radical (unpaired) electrons. The minimum atomic E-state index is -0.543. The first-order valence-corrected chi connectivity index (χ1v) is 12.7. The molecule has 2 amide bonds. The quantitative estimate of drug-likeness (QED) is 0.268. The molecule has 3 aromatic carbocycles. The van der Waals surface area contributed by atoms with Crippen LogP contribution in [0.1, 0.15) is 37.4 Å². The Labute approximate surface area is 210 Å². The van der Waals surface area contributed by atoms with E-state index in [2.05, 4.69) is 34.6 Å². The van der Waals surface area contributed by atoms with Crippen molar-refractivity contribution in [3.05, 3.63) is 96.1 Å². The summed E-state index contributed by atoms with van der Waals surface area (Å²) in [5.41, 5.74) is 2.74. The number of benzene rings is 3. The predicted molar refractivity (Wildman–Crippen MR) is 142 cm³/mol. The summed E-state index contributed by atoms with van der Waals surface area (Å²) < 4.78 is 5.47. The first-order chi connectivity index (χ1) is 17.1. The molecule has 0 saturated carbocycles. The van der Waals surface area contributed by atoms with Crippen molar-refractivity contribution in [2.45, 2.75) is 31.6 Å². The Balaban J connectivity index is 1.53. The molecule has 3 aromatic rings. The Hall–Kier alpha value is -3.58. The summed E-state index contributed by atoms with van der Waals surface area (Å²) in [4.78, 5) is 32.0. The lowest BCUT2D eigenvalue weighted by Crippen LogP contribution is -2.33. The molecule has 1 aliphatic rings. The van der Waals surface area contributed by atoms with Gasteiger partial charge in [0.05, 0.1) is 18.3 Å². The lowest BCUT2D eigenvalue weighted by Gasteiger charge is -2.23. The number of amidine groups is 1. The molecule has 1 fully saturated rings. The molecule has 1 heterocycles. The van der Waals surface area contributed by atoms with Crippen molar-refractivity contribution in [2.75, 3.05) is 18.1 Å². The molecule has 0 spiro atoms. The molecule has 1 aliphatic heterocycles. The van der Waals surface area contributed by atoms with E-state index in [1.165, 1.54) is 16.7 Å². The Bertz CT molecular complexity index is 1130. The van der Waals surface area contributed by atoms with Gasteiger partial charge in [0.25, 0.3) is 0 Å².